The summed E-state index contributed by atoms with van der Waals surface area (Å²) in [5.74, 6) is -0.161. The minimum absolute atomic E-state index is 0.0442. The van der Waals surface area contributed by atoms with E-state index in [1.165, 1.54) is 0 Å². The summed E-state index contributed by atoms with van der Waals surface area (Å²) in [5, 5.41) is 2.97. The maximum absolute atomic E-state index is 11.5. The van der Waals surface area contributed by atoms with Crippen LogP contribution in [0.5, 0.6) is 5.75 Å². The average molecular weight is 363 g/mol. The third kappa shape index (κ3) is 5.63. The maximum atomic E-state index is 11.5. The van der Waals surface area contributed by atoms with Crippen molar-refractivity contribution < 1.29 is 19.1 Å². The fourth-order valence-electron chi connectivity index (χ4n) is 1.11. The van der Waals surface area contributed by atoms with Gasteiger partial charge in [0.05, 0.1) is 11.0 Å². The molecule has 0 aliphatic carbocycles. The van der Waals surface area contributed by atoms with Crippen molar-refractivity contribution in [3.8, 4) is 5.75 Å². The zero-order chi connectivity index (χ0) is 15.1. The van der Waals surface area contributed by atoms with E-state index in [9.17, 15) is 9.59 Å². The van der Waals surface area contributed by atoms with Gasteiger partial charge in [0.1, 0.15) is 12.4 Å². The molecule has 108 valence electrons. The van der Waals surface area contributed by atoms with Gasteiger partial charge in [-0.15, -0.1) is 0 Å². The Labute approximate surface area is 130 Å². The lowest BCUT2D eigenvalue weighted by Crippen LogP contribution is -2.30. The van der Waals surface area contributed by atoms with Gasteiger partial charge >= 0.3 is 12.1 Å². The van der Waals surface area contributed by atoms with Crippen LogP contribution in [0.1, 0.15) is 6.92 Å². The number of carbonyl (C=O) groups excluding carboxylic acids is 2. The molecule has 1 N–H and O–H groups in total. The molecule has 1 amide bonds. The monoisotopic (exact) mass is 361 g/mol. The Hall–Kier alpha value is -1.53. The molecule has 0 atom stereocenters. The van der Waals surface area contributed by atoms with Gasteiger partial charge in [-0.05, 0) is 41.1 Å². The van der Waals surface area contributed by atoms with Crippen molar-refractivity contribution in [3.63, 3.8) is 0 Å². The summed E-state index contributed by atoms with van der Waals surface area (Å²) in [4.78, 5) is 22.6. The number of carbonyl (C=O) groups is 2. The number of benzene rings is 1. The molecule has 1 rings (SSSR count). The fraction of sp³-hybridized carbons (Fsp3) is 0.231. The summed E-state index contributed by atoms with van der Waals surface area (Å²) < 4.78 is 10.4. The molecule has 5 nitrogen and oxygen atoms in total. The first-order valence-corrected chi connectivity index (χ1v) is 6.80. The van der Waals surface area contributed by atoms with Gasteiger partial charge in [-0.2, -0.15) is 0 Å². The van der Waals surface area contributed by atoms with Gasteiger partial charge in [-0.3, -0.25) is 0 Å². The summed E-state index contributed by atoms with van der Waals surface area (Å²) in [6.07, 6.45) is -0.653. The number of hydrogen-bond acceptors (Lipinski definition) is 4. The van der Waals surface area contributed by atoms with E-state index in [0.29, 0.717) is 20.8 Å². The molecule has 0 radical (unpaired) electrons. The number of nitrogens with one attached hydrogen (secondary N) is 1. The Morgan fingerprint density at radius 3 is 2.75 bits per heavy atom. The Morgan fingerprint density at radius 2 is 2.15 bits per heavy atom. The largest absolute Gasteiger partial charge is 0.460 e. The highest BCUT2D eigenvalue weighted by atomic mass is 79.9. The quantitative estimate of drug-likeness (QED) is 0.496. The first-order chi connectivity index (χ1) is 9.40. The van der Waals surface area contributed by atoms with Crippen LogP contribution < -0.4 is 10.1 Å². The normalized spacial score (nSPS) is 9.75. The second kappa shape index (κ2) is 7.91. The Balaban J connectivity index is 2.33. The van der Waals surface area contributed by atoms with E-state index in [1.54, 1.807) is 25.1 Å². The third-order valence-electron chi connectivity index (χ3n) is 2.05. The maximum Gasteiger partial charge on any atom is 0.412 e. The Bertz CT molecular complexity index is 533. The van der Waals surface area contributed by atoms with Crippen molar-refractivity contribution in [3.05, 3.63) is 39.8 Å². The second-order valence-electron chi connectivity index (χ2n) is 3.81. The van der Waals surface area contributed by atoms with Gasteiger partial charge in [0.2, 0.25) is 0 Å². The molecule has 1 aromatic carbocycles. The van der Waals surface area contributed by atoms with Gasteiger partial charge in [0.25, 0.3) is 0 Å². The number of halogens is 2. The van der Waals surface area contributed by atoms with Crippen LogP contribution >= 0.6 is 27.5 Å². The molecule has 0 fully saturated rings. The molecule has 0 unspecified atom stereocenters. The lowest BCUT2D eigenvalue weighted by Gasteiger charge is -2.08. The van der Waals surface area contributed by atoms with E-state index in [4.69, 9.17) is 21.1 Å². The first kappa shape index (κ1) is 16.5. The zero-order valence-corrected chi connectivity index (χ0v) is 13.1. The Morgan fingerprint density at radius 1 is 1.45 bits per heavy atom. The summed E-state index contributed by atoms with van der Waals surface area (Å²) in [6, 6.07) is 4.77. The van der Waals surface area contributed by atoms with Gasteiger partial charge in [-0.1, -0.05) is 18.2 Å². The smallest absolute Gasteiger partial charge is 0.412 e. The van der Waals surface area contributed by atoms with Crippen LogP contribution in [-0.2, 0) is 9.53 Å². The van der Waals surface area contributed by atoms with Crippen molar-refractivity contribution in [2.24, 2.45) is 0 Å². The number of ether oxygens (including phenoxy) is 2. The number of amides is 1. The van der Waals surface area contributed by atoms with Crippen molar-refractivity contribution in [2.75, 3.05) is 13.2 Å². The molecule has 0 aromatic heterocycles. The van der Waals surface area contributed by atoms with E-state index in [2.05, 4.69) is 27.8 Å². The lowest BCUT2D eigenvalue weighted by atomic mass is 10.3. The molecule has 0 aliphatic heterocycles. The van der Waals surface area contributed by atoms with E-state index in [1.807, 2.05) is 0 Å². The molecule has 0 spiro atoms. The van der Waals surface area contributed by atoms with Crippen molar-refractivity contribution in [2.45, 2.75) is 6.92 Å². The van der Waals surface area contributed by atoms with Crippen LogP contribution in [0.2, 0.25) is 5.02 Å². The highest BCUT2D eigenvalue weighted by molar-refractivity contribution is 9.10. The van der Waals surface area contributed by atoms with Crippen LogP contribution in [0.25, 0.3) is 0 Å². The highest BCUT2D eigenvalue weighted by Gasteiger charge is 2.08. The average Bonchev–Trinajstić information content (AvgIpc) is 2.37. The molecule has 0 bridgehead atoms. The number of rotatable bonds is 5. The predicted octanol–water partition coefficient (Wildman–Crippen LogP) is 3.31. The van der Waals surface area contributed by atoms with Crippen LogP contribution in [-0.4, -0.2) is 25.2 Å². The molecule has 0 saturated carbocycles. The molecular weight excluding hydrogens is 350 g/mol. The predicted molar refractivity (Wildman–Crippen MR) is 79.0 cm³/mol. The van der Waals surface area contributed by atoms with Gasteiger partial charge in [0, 0.05) is 10.6 Å². The van der Waals surface area contributed by atoms with Crippen LogP contribution in [0.3, 0.4) is 0 Å². The van der Waals surface area contributed by atoms with Gasteiger partial charge in [-0.25, -0.2) is 9.59 Å². The van der Waals surface area contributed by atoms with Crippen molar-refractivity contribution in [1.29, 1.82) is 0 Å². The van der Waals surface area contributed by atoms with Crippen molar-refractivity contribution >= 4 is 39.6 Å². The van der Waals surface area contributed by atoms with Crippen LogP contribution in [0.15, 0.2) is 34.8 Å². The summed E-state index contributed by atoms with van der Waals surface area (Å²) in [6.45, 7) is 5.17. The molecule has 1 aromatic rings. The molecular formula is C13H13BrClNO4. The fourth-order valence-corrected chi connectivity index (χ4v) is 1.88. The van der Waals surface area contributed by atoms with E-state index < -0.39 is 12.1 Å². The molecule has 0 heterocycles. The molecule has 0 saturated heterocycles. The van der Waals surface area contributed by atoms with E-state index in [0.717, 1.165) is 0 Å². The van der Waals surface area contributed by atoms with Gasteiger partial charge in [0.15, 0.2) is 0 Å². The number of esters is 1. The minimum Gasteiger partial charge on any atom is -0.460 e. The number of hydrogen-bond donors (Lipinski definition) is 1. The topological polar surface area (TPSA) is 64.6 Å². The standard InChI is InChI=1S/C13H13BrClNO4/c1-8(2)12(17)19-6-5-16-13(18)20-11-4-3-9(15)7-10(11)14/h3-4,7H,1,5-6H2,2H3,(H,16,18). The van der Waals surface area contributed by atoms with Crippen molar-refractivity contribution in [1.82, 2.24) is 5.32 Å². The van der Waals surface area contributed by atoms with Crippen LogP contribution in [0, 0.1) is 0 Å². The summed E-state index contributed by atoms with van der Waals surface area (Å²) in [5.41, 5.74) is 0.303. The first-order valence-electron chi connectivity index (χ1n) is 5.63. The minimum atomic E-state index is -0.653. The molecule has 0 aliphatic rings. The highest BCUT2D eigenvalue weighted by Crippen LogP contribution is 2.27. The SMILES string of the molecule is C=C(C)C(=O)OCCNC(=O)Oc1ccc(Cl)cc1Br. The molecule has 20 heavy (non-hydrogen) atoms. The molecule has 7 heteroatoms. The lowest BCUT2D eigenvalue weighted by molar-refractivity contribution is -0.138. The Kier molecular flexibility index (Phi) is 6.54. The van der Waals surface area contributed by atoms with Gasteiger partial charge < -0.3 is 14.8 Å². The van der Waals surface area contributed by atoms with E-state index in [-0.39, 0.29) is 13.2 Å². The van der Waals surface area contributed by atoms with E-state index >= 15 is 0 Å². The summed E-state index contributed by atoms with van der Waals surface area (Å²) >= 11 is 8.99. The zero-order valence-electron chi connectivity index (χ0n) is 10.7. The third-order valence-corrected chi connectivity index (χ3v) is 2.90. The second-order valence-corrected chi connectivity index (χ2v) is 5.10. The summed E-state index contributed by atoms with van der Waals surface area (Å²) in [7, 11) is 0. The van der Waals surface area contributed by atoms with Crippen LogP contribution in [0.4, 0.5) is 4.79 Å².